The Kier molecular flexibility index (Phi) is 3.87. The van der Waals surface area contributed by atoms with Gasteiger partial charge in [-0.2, -0.15) is 5.10 Å². The van der Waals surface area contributed by atoms with E-state index in [-0.39, 0.29) is 5.43 Å². The van der Waals surface area contributed by atoms with Gasteiger partial charge in [0.25, 0.3) is 0 Å². The molecule has 0 amide bonds. The zero-order chi connectivity index (χ0) is 17.2. The summed E-state index contributed by atoms with van der Waals surface area (Å²) in [6.07, 6.45) is 4.65. The molecule has 0 bridgehead atoms. The average molecular weight is 347 g/mol. The standard InChI is InChI=1S/C19H13N3O2S/c23-18-14(12-24-17-9-5-4-8-15(17)18)10-20-22-11-16(21-19(22)25)13-6-2-1-3-7-13/h1-12H,(H,21,25). The maximum absolute atomic E-state index is 12.5. The Morgan fingerprint density at radius 3 is 2.68 bits per heavy atom. The van der Waals surface area contributed by atoms with Gasteiger partial charge in [-0.1, -0.05) is 42.5 Å². The van der Waals surface area contributed by atoms with E-state index in [1.807, 2.05) is 36.4 Å². The minimum atomic E-state index is -0.129. The summed E-state index contributed by atoms with van der Waals surface area (Å²) in [6, 6.07) is 16.9. The van der Waals surface area contributed by atoms with Crippen molar-refractivity contribution < 1.29 is 4.42 Å². The van der Waals surface area contributed by atoms with Gasteiger partial charge < -0.3 is 9.40 Å². The van der Waals surface area contributed by atoms with Crippen molar-refractivity contribution in [1.29, 1.82) is 0 Å². The van der Waals surface area contributed by atoms with E-state index in [0.717, 1.165) is 11.3 Å². The molecule has 25 heavy (non-hydrogen) atoms. The van der Waals surface area contributed by atoms with Crippen molar-refractivity contribution in [2.45, 2.75) is 0 Å². The highest BCUT2D eigenvalue weighted by Crippen LogP contribution is 2.16. The fourth-order valence-corrected chi connectivity index (χ4v) is 2.75. The Morgan fingerprint density at radius 2 is 1.84 bits per heavy atom. The normalized spacial score (nSPS) is 11.4. The summed E-state index contributed by atoms with van der Waals surface area (Å²) in [5.41, 5.74) is 2.65. The first-order valence-corrected chi connectivity index (χ1v) is 8.05. The molecular weight excluding hydrogens is 334 g/mol. The Bertz CT molecular complexity index is 1190. The summed E-state index contributed by atoms with van der Waals surface area (Å²) in [5.74, 6) is 0. The quantitative estimate of drug-likeness (QED) is 0.446. The predicted molar refractivity (Wildman–Crippen MR) is 101 cm³/mol. The summed E-state index contributed by atoms with van der Waals surface area (Å²) < 4.78 is 7.45. The van der Waals surface area contributed by atoms with Gasteiger partial charge in [0.15, 0.2) is 4.77 Å². The number of aromatic amines is 1. The summed E-state index contributed by atoms with van der Waals surface area (Å²) >= 11 is 5.29. The third-order valence-corrected chi connectivity index (χ3v) is 4.10. The summed E-state index contributed by atoms with van der Waals surface area (Å²) in [6.45, 7) is 0. The molecule has 0 saturated heterocycles. The van der Waals surface area contributed by atoms with Crippen LogP contribution in [0.15, 0.2) is 81.4 Å². The Hall–Kier alpha value is -3.25. The molecule has 5 nitrogen and oxygen atoms in total. The van der Waals surface area contributed by atoms with Gasteiger partial charge >= 0.3 is 0 Å². The monoisotopic (exact) mass is 347 g/mol. The molecule has 2 heterocycles. The molecule has 2 aromatic heterocycles. The van der Waals surface area contributed by atoms with E-state index in [4.69, 9.17) is 16.6 Å². The highest BCUT2D eigenvalue weighted by molar-refractivity contribution is 7.71. The van der Waals surface area contributed by atoms with Crippen molar-refractivity contribution in [2.75, 3.05) is 0 Å². The summed E-state index contributed by atoms with van der Waals surface area (Å²) in [4.78, 5) is 15.6. The van der Waals surface area contributed by atoms with Gasteiger partial charge in [-0.05, 0) is 29.9 Å². The number of benzene rings is 2. The number of imidazole rings is 1. The van der Waals surface area contributed by atoms with E-state index in [1.165, 1.54) is 17.2 Å². The van der Waals surface area contributed by atoms with Crippen molar-refractivity contribution in [3.63, 3.8) is 0 Å². The number of hydrogen-bond donors (Lipinski definition) is 1. The van der Waals surface area contributed by atoms with E-state index < -0.39 is 0 Å². The van der Waals surface area contributed by atoms with Crippen LogP contribution in [0, 0.1) is 4.77 Å². The molecule has 0 spiro atoms. The number of nitrogens with one attached hydrogen (secondary N) is 1. The van der Waals surface area contributed by atoms with Crippen molar-refractivity contribution >= 4 is 29.4 Å². The molecule has 0 fully saturated rings. The molecule has 2 aromatic carbocycles. The lowest BCUT2D eigenvalue weighted by atomic mass is 10.2. The average Bonchev–Trinajstić information content (AvgIpc) is 3.03. The zero-order valence-electron chi connectivity index (χ0n) is 13.0. The lowest BCUT2D eigenvalue weighted by Crippen LogP contribution is -2.08. The lowest BCUT2D eigenvalue weighted by Gasteiger charge is -1.97. The van der Waals surface area contributed by atoms with Gasteiger partial charge in [-0.3, -0.25) is 4.79 Å². The van der Waals surface area contributed by atoms with Gasteiger partial charge in [-0.15, -0.1) is 0 Å². The molecule has 4 aromatic rings. The number of aromatic nitrogens is 2. The second-order valence-corrected chi connectivity index (χ2v) is 5.83. The number of para-hydroxylation sites is 1. The maximum atomic E-state index is 12.5. The highest BCUT2D eigenvalue weighted by Gasteiger charge is 2.05. The second-order valence-electron chi connectivity index (χ2n) is 5.44. The van der Waals surface area contributed by atoms with E-state index in [2.05, 4.69) is 10.1 Å². The topological polar surface area (TPSA) is 63.3 Å². The van der Waals surface area contributed by atoms with Crippen molar-refractivity contribution in [2.24, 2.45) is 5.10 Å². The van der Waals surface area contributed by atoms with E-state index in [1.54, 1.807) is 24.4 Å². The van der Waals surface area contributed by atoms with E-state index in [9.17, 15) is 4.79 Å². The summed E-state index contributed by atoms with van der Waals surface area (Å²) in [5, 5.41) is 4.81. The Balaban J connectivity index is 1.71. The van der Waals surface area contributed by atoms with Crippen LogP contribution in [0.1, 0.15) is 5.56 Å². The van der Waals surface area contributed by atoms with Crippen molar-refractivity contribution in [3.8, 4) is 11.3 Å². The number of rotatable bonds is 3. The van der Waals surface area contributed by atoms with Crippen LogP contribution in [0.2, 0.25) is 0 Å². The van der Waals surface area contributed by atoms with Gasteiger partial charge in [0.1, 0.15) is 11.8 Å². The third-order valence-electron chi connectivity index (χ3n) is 3.81. The van der Waals surface area contributed by atoms with Crippen LogP contribution in [0.4, 0.5) is 0 Å². The van der Waals surface area contributed by atoms with Crippen LogP contribution in [-0.4, -0.2) is 15.9 Å². The summed E-state index contributed by atoms with van der Waals surface area (Å²) in [7, 11) is 0. The first kappa shape index (κ1) is 15.3. The molecule has 0 unspecified atom stereocenters. The largest absolute Gasteiger partial charge is 0.463 e. The fourth-order valence-electron chi connectivity index (χ4n) is 2.54. The number of hydrogen-bond acceptors (Lipinski definition) is 4. The molecule has 1 N–H and O–H groups in total. The first-order chi connectivity index (χ1) is 12.2. The highest BCUT2D eigenvalue weighted by atomic mass is 32.1. The van der Waals surface area contributed by atoms with Crippen LogP contribution in [0.25, 0.3) is 22.2 Å². The van der Waals surface area contributed by atoms with Crippen LogP contribution in [0.5, 0.6) is 0 Å². The molecule has 6 heteroatoms. The van der Waals surface area contributed by atoms with Gasteiger partial charge in [0.05, 0.1) is 29.1 Å². The van der Waals surface area contributed by atoms with E-state index >= 15 is 0 Å². The van der Waals surface area contributed by atoms with Gasteiger partial charge in [0, 0.05) is 0 Å². The van der Waals surface area contributed by atoms with Crippen molar-refractivity contribution in [1.82, 2.24) is 9.66 Å². The van der Waals surface area contributed by atoms with Crippen LogP contribution < -0.4 is 5.43 Å². The molecule has 0 atom stereocenters. The third kappa shape index (κ3) is 2.95. The van der Waals surface area contributed by atoms with Gasteiger partial charge in [-0.25, -0.2) is 4.68 Å². The smallest absolute Gasteiger partial charge is 0.201 e. The maximum Gasteiger partial charge on any atom is 0.201 e. The molecule has 122 valence electrons. The van der Waals surface area contributed by atoms with Gasteiger partial charge in [0.2, 0.25) is 5.43 Å². The van der Waals surface area contributed by atoms with Crippen LogP contribution >= 0.6 is 12.2 Å². The first-order valence-electron chi connectivity index (χ1n) is 7.64. The van der Waals surface area contributed by atoms with Crippen LogP contribution in [-0.2, 0) is 0 Å². The molecule has 0 aliphatic carbocycles. The molecule has 0 aliphatic rings. The molecule has 0 radical (unpaired) electrons. The fraction of sp³-hybridized carbons (Fsp3) is 0. The number of fused-ring (bicyclic) bond motifs is 1. The second kappa shape index (κ2) is 6.33. The van der Waals surface area contributed by atoms with Crippen molar-refractivity contribution in [3.05, 3.63) is 87.6 Å². The number of H-pyrrole nitrogens is 1. The minimum Gasteiger partial charge on any atom is -0.463 e. The molecule has 0 aliphatic heterocycles. The SMILES string of the molecule is O=c1c(C=Nn2cc(-c3ccccc3)[nH]c2=S)coc2ccccc12. The predicted octanol–water partition coefficient (Wildman–Crippen LogP) is 4.20. The zero-order valence-corrected chi connectivity index (χ0v) is 13.9. The molecule has 0 saturated carbocycles. The lowest BCUT2D eigenvalue weighted by molar-refractivity contribution is 0.601. The Labute approximate surface area is 147 Å². The Morgan fingerprint density at radius 1 is 1.08 bits per heavy atom. The number of nitrogens with zero attached hydrogens (tertiary/aromatic N) is 2. The minimum absolute atomic E-state index is 0.129. The molecule has 4 rings (SSSR count). The van der Waals surface area contributed by atoms with Crippen LogP contribution in [0.3, 0.4) is 0 Å². The van der Waals surface area contributed by atoms with E-state index in [0.29, 0.717) is 21.3 Å². The molecular formula is C19H13N3O2S.